The molecule has 80 valence electrons. The Morgan fingerprint density at radius 3 is 2.50 bits per heavy atom. The second-order valence-electron chi connectivity index (χ2n) is 3.76. The Hall–Kier alpha value is -0.790. The Morgan fingerprint density at radius 2 is 1.93 bits per heavy atom. The molecule has 0 saturated carbocycles. The van der Waals surface area contributed by atoms with Gasteiger partial charge in [0, 0.05) is 24.9 Å². The summed E-state index contributed by atoms with van der Waals surface area (Å²) in [6.07, 6.45) is 8.07. The van der Waals surface area contributed by atoms with E-state index in [4.69, 9.17) is 0 Å². The van der Waals surface area contributed by atoms with Gasteiger partial charge in [0.25, 0.3) is 0 Å². The van der Waals surface area contributed by atoms with Crippen LogP contribution in [0.1, 0.15) is 51.6 Å². The van der Waals surface area contributed by atoms with Gasteiger partial charge >= 0.3 is 0 Å². The van der Waals surface area contributed by atoms with Crippen LogP contribution in [0.2, 0.25) is 0 Å². The largest absolute Gasteiger partial charge is 0.332 e. The average molecular weight is 194 g/mol. The van der Waals surface area contributed by atoms with Crippen molar-refractivity contribution in [2.75, 3.05) is 0 Å². The van der Waals surface area contributed by atoms with Crippen molar-refractivity contribution < 1.29 is 0 Å². The van der Waals surface area contributed by atoms with Crippen molar-refractivity contribution in [2.45, 2.75) is 59.4 Å². The first-order valence-electron chi connectivity index (χ1n) is 5.86. The van der Waals surface area contributed by atoms with Gasteiger partial charge in [0.05, 0.1) is 0 Å². The van der Waals surface area contributed by atoms with Gasteiger partial charge in [-0.1, -0.05) is 20.3 Å². The van der Waals surface area contributed by atoms with Crippen molar-refractivity contribution in [3.8, 4) is 0 Å². The quantitative estimate of drug-likeness (QED) is 0.680. The summed E-state index contributed by atoms with van der Waals surface area (Å²) >= 11 is 0. The lowest BCUT2D eigenvalue weighted by Crippen LogP contribution is -2.05. The number of unbranched alkanes of at least 4 members (excludes halogenated alkanes) is 1. The topological polar surface area (TPSA) is 17.8 Å². The molecule has 1 aromatic rings. The molecule has 1 aromatic heterocycles. The smallest absolute Gasteiger partial charge is 0.108 e. The van der Waals surface area contributed by atoms with E-state index < -0.39 is 0 Å². The van der Waals surface area contributed by atoms with Crippen molar-refractivity contribution in [1.82, 2.24) is 9.55 Å². The first kappa shape index (κ1) is 11.3. The molecule has 0 unspecified atom stereocenters. The van der Waals surface area contributed by atoms with E-state index in [1.54, 1.807) is 0 Å². The molecule has 0 N–H and O–H groups in total. The third kappa shape index (κ3) is 2.60. The SMILES string of the molecule is CCCCc1cnc(CCC)n1CC. The van der Waals surface area contributed by atoms with Crippen LogP contribution in [0.5, 0.6) is 0 Å². The summed E-state index contributed by atoms with van der Waals surface area (Å²) in [5.41, 5.74) is 1.41. The number of rotatable bonds is 6. The molecular weight excluding hydrogens is 172 g/mol. The Balaban J connectivity index is 2.73. The van der Waals surface area contributed by atoms with Gasteiger partial charge in [-0.25, -0.2) is 4.98 Å². The van der Waals surface area contributed by atoms with Crippen LogP contribution in [0, 0.1) is 0 Å². The van der Waals surface area contributed by atoms with Crippen molar-refractivity contribution in [3.05, 3.63) is 17.7 Å². The van der Waals surface area contributed by atoms with E-state index in [0.29, 0.717) is 0 Å². The molecule has 0 aliphatic rings. The van der Waals surface area contributed by atoms with Crippen molar-refractivity contribution in [2.24, 2.45) is 0 Å². The van der Waals surface area contributed by atoms with Gasteiger partial charge in [-0.3, -0.25) is 0 Å². The highest BCUT2D eigenvalue weighted by atomic mass is 15.1. The Kier molecular flexibility index (Phi) is 4.71. The van der Waals surface area contributed by atoms with Crippen molar-refractivity contribution in [1.29, 1.82) is 0 Å². The van der Waals surface area contributed by atoms with E-state index in [9.17, 15) is 0 Å². The molecule has 0 aliphatic carbocycles. The van der Waals surface area contributed by atoms with Gasteiger partial charge in [0.1, 0.15) is 5.82 Å². The van der Waals surface area contributed by atoms with Crippen LogP contribution in [0.15, 0.2) is 6.20 Å². The van der Waals surface area contributed by atoms with Gasteiger partial charge in [0.2, 0.25) is 0 Å². The molecule has 0 fully saturated rings. The van der Waals surface area contributed by atoms with Gasteiger partial charge in [-0.15, -0.1) is 0 Å². The van der Waals surface area contributed by atoms with Gasteiger partial charge in [-0.05, 0) is 26.2 Å². The Labute approximate surface area is 87.4 Å². The molecule has 0 amide bonds. The van der Waals surface area contributed by atoms with Crippen LogP contribution >= 0.6 is 0 Å². The molecule has 0 spiro atoms. The highest BCUT2D eigenvalue weighted by Gasteiger charge is 2.06. The predicted octanol–water partition coefficient (Wildman–Crippen LogP) is 3.20. The molecule has 0 atom stereocenters. The fourth-order valence-corrected chi connectivity index (χ4v) is 1.82. The molecule has 0 saturated heterocycles. The van der Waals surface area contributed by atoms with Gasteiger partial charge in [-0.2, -0.15) is 0 Å². The Bertz CT molecular complexity index is 263. The van der Waals surface area contributed by atoms with Crippen LogP contribution in [0.3, 0.4) is 0 Å². The van der Waals surface area contributed by atoms with E-state index in [2.05, 4.69) is 36.5 Å². The zero-order valence-corrected chi connectivity index (χ0v) is 9.71. The second-order valence-corrected chi connectivity index (χ2v) is 3.76. The van der Waals surface area contributed by atoms with Crippen LogP contribution in [-0.2, 0) is 19.4 Å². The molecule has 0 radical (unpaired) electrons. The van der Waals surface area contributed by atoms with Crippen molar-refractivity contribution in [3.63, 3.8) is 0 Å². The number of hydrogen-bond donors (Lipinski definition) is 0. The monoisotopic (exact) mass is 194 g/mol. The van der Waals surface area contributed by atoms with E-state index in [0.717, 1.165) is 13.0 Å². The molecule has 0 aliphatic heterocycles. The van der Waals surface area contributed by atoms with Gasteiger partial charge in [0.15, 0.2) is 0 Å². The van der Waals surface area contributed by atoms with E-state index in [1.807, 2.05) is 0 Å². The third-order valence-electron chi connectivity index (χ3n) is 2.60. The maximum absolute atomic E-state index is 4.49. The number of aromatic nitrogens is 2. The molecule has 1 heterocycles. The predicted molar refractivity (Wildman–Crippen MR) is 60.5 cm³/mol. The molecule has 14 heavy (non-hydrogen) atoms. The summed E-state index contributed by atoms with van der Waals surface area (Å²) in [4.78, 5) is 4.49. The summed E-state index contributed by atoms with van der Waals surface area (Å²) < 4.78 is 2.37. The highest BCUT2D eigenvalue weighted by Crippen LogP contribution is 2.10. The molecule has 0 bridgehead atoms. The lowest BCUT2D eigenvalue weighted by Gasteiger charge is -2.08. The normalized spacial score (nSPS) is 10.8. The molecule has 0 aromatic carbocycles. The fourth-order valence-electron chi connectivity index (χ4n) is 1.82. The zero-order valence-electron chi connectivity index (χ0n) is 9.71. The maximum Gasteiger partial charge on any atom is 0.108 e. The maximum atomic E-state index is 4.49. The number of aryl methyl sites for hydroxylation is 2. The van der Waals surface area contributed by atoms with E-state index >= 15 is 0 Å². The minimum Gasteiger partial charge on any atom is -0.332 e. The highest BCUT2D eigenvalue weighted by molar-refractivity contribution is 5.06. The lowest BCUT2D eigenvalue weighted by molar-refractivity contribution is 0.636. The van der Waals surface area contributed by atoms with Crippen LogP contribution in [0.4, 0.5) is 0 Å². The number of hydrogen-bond acceptors (Lipinski definition) is 1. The summed E-state index contributed by atoms with van der Waals surface area (Å²) in [6, 6.07) is 0. The summed E-state index contributed by atoms with van der Waals surface area (Å²) in [6.45, 7) is 7.71. The minimum atomic E-state index is 1.06. The second kappa shape index (κ2) is 5.84. The first-order chi connectivity index (χ1) is 6.83. The van der Waals surface area contributed by atoms with Crippen molar-refractivity contribution >= 4 is 0 Å². The summed E-state index contributed by atoms with van der Waals surface area (Å²) in [5.74, 6) is 1.26. The van der Waals surface area contributed by atoms with E-state index in [-0.39, 0.29) is 0 Å². The van der Waals surface area contributed by atoms with Crippen LogP contribution < -0.4 is 0 Å². The number of imidazole rings is 1. The number of nitrogens with zero attached hydrogens (tertiary/aromatic N) is 2. The average Bonchev–Trinajstić information content (AvgIpc) is 2.58. The molecule has 2 nitrogen and oxygen atoms in total. The standard InChI is InChI=1S/C12H22N2/c1-4-7-9-11-10-13-12(8-5-2)14(11)6-3/h10H,4-9H2,1-3H3. The van der Waals surface area contributed by atoms with Crippen LogP contribution in [-0.4, -0.2) is 9.55 Å². The molecule has 2 heteroatoms. The minimum absolute atomic E-state index is 1.06. The zero-order chi connectivity index (χ0) is 10.4. The first-order valence-corrected chi connectivity index (χ1v) is 5.86. The summed E-state index contributed by atoms with van der Waals surface area (Å²) in [7, 11) is 0. The molecular formula is C12H22N2. The third-order valence-corrected chi connectivity index (χ3v) is 2.60. The summed E-state index contributed by atoms with van der Waals surface area (Å²) in [5, 5.41) is 0. The lowest BCUT2D eigenvalue weighted by atomic mass is 10.2. The Morgan fingerprint density at radius 1 is 1.14 bits per heavy atom. The van der Waals surface area contributed by atoms with E-state index in [1.165, 1.54) is 37.2 Å². The molecule has 1 rings (SSSR count). The fraction of sp³-hybridized carbons (Fsp3) is 0.750. The van der Waals surface area contributed by atoms with Gasteiger partial charge < -0.3 is 4.57 Å². The van der Waals surface area contributed by atoms with Crippen LogP contribution in [0.25, 0.3) is 0 Å².